The van der Waals surface area contributed by atoms with Crippen molar-refractivity contribution in [2.45, 2.75) is 12.5 Å². The number of methoxy groups -OCH3 is 2. The number of carbonyl (C=O) groups is 1. The van der Waals surface area contributed by atoms with Crippen LogP contribution in [0.5, 0.6) is 5.75 Å². The van der Waals surface area contributed by atoms with Crippen LogP contribution in [0.1, 0.15) is 17.5 Å². The number of aliphatic hydroxyl groups is 1. The zero-order valence-corrected chi connectivity index (χ0v) is 12.3. The molecule has 0 aliphatic heterocycles. The molecule has 0 saturated carbocycles. The molecule has 0 radical (unpaired) electrons. The van der Waals surface area contributed by atoms with Crippen molar-refractivity contribution >= 4 is 16.9 Å². The third kappa shape index (κ3) is 3.53. The Bertz CT molecular complexity index is 632. The van der Waals surface area contributed by atoms with E-state index in [1.54, 1.807) is 26.2 Å². The van der Waals surface area contributed by atoms with Gasteiger partial charge in [-0.25, -0.2) is 0 Å². The molecule has 0 aliphatic carbocycles. The van der Waals surface area contributed by atoms with Gasteiger partial charge >= 0.3 is 0 Å². The fourth-order valence-electron chi connectivity index (χ4n) is 2.03. The third-order valence-corrected chi connectivity index (χ3v) is 3.04. The number of amides is 1. The van der Waals surface area contributed by atoms with Gasteiger partial charge in [0, 0.05) is 19.0 Å². The van der Waals surface area contributed by atoms with Gasteiger partial charge in [0.1, 0.15) is 5.60 Å². The first-order chi connectivity index (χ1) is 9.96. The van der Waals surface area contributed by atoms with Crippen molar-refractivity contribution in [2.75, 3.05) is 27.4 Å². The Morgan fingerprint density at radius 2 is 2.19 bits per heavy atom. The lowest BCUT2D eigenvalue weighted by molar-refractivity contribution is -0.0148. The first kappa shape index (κ1) is 15.3. The summed E-state index contributed by atoms with van der Waals surface area (Å²) in [6.45, 7) is 1.77. The van der Waals surface area contributed by atoms with Crippen molar-refractivity contribution in [3.05, 3.63) is 30.0 Å². The molecule has 0 aliphatic rings. The van der Waals surface area contributed by atoms with E-state index in [4.69, 9.17) is 13.9 Å². The summed E-state index contributed by atoms with van der Waals surface area (Å²) in [5.41, 5.74) is -0.609. The minimum atomic E-state index is -1.13. The molecule has 21 heavy (non-hydrogen) atoms. The normalized spacial score (nSPS) is 13.9. The highest BCUT2D eigenvalue weighted by Crippen LogP contribution is 2.28. The lowest BCUT2D eigenvalue weighted by atomic mass is 10.1. The van der Waals surface area contributed by atoms with Gasteiger partial charge in [-0.05, 0) is 19.1 Å². The molecule has 6 nitrogen and oxygen atoms in total. The third-order valence-electron chi connectivity index (χ3n) is 3.04. The van der Waals surface area contributed by atoms with Gasteiger partial charge < -0.3 is 24.3 Å². The van der Waals surface area contributed by atoms with Crippen LogP contribution in [0.15, 0.2) is 28.7 Å². The number of benzene rings is 1. The number of rotatable bonds is 6. The molecule has 1 aromatic heterocycles. The van der Waals surface area contributed by atoms with Gasteiger partial charge in [-0.15, -0.1) is 0 Å². The van der Waals surface area contributed by atoms with E-state index in [9.17, 15) is 9.90 Å². The van der Waals surface area contributed by atoms with Crippen molar-refractivity contribution in [3.63, 3.8) is 0 Å². The molecule has 2 aromatic rings. The highest BCUT2D eigenvalue weighted by molar-refractivity contribution is 5.97. The van der Waals surface area contributed by atoms with E-state index < -0.39 is 11.5 Å². The second kappa shape index (κ2) is 6.15. The van der Waals surface area contributed by atoms with Gasteiger partial charge in [0.15, 0.2) is 17.1 Å². The number of para-hydroxylation sites is 1. The Kier molecular flexibility index (Phi) is 4.50. The van der Waals surface area contributed by atoms with Crippen LogP contribution in [0, 0.1) is 0 Å². The number of hydrogen-bond acceptors (Lipinski definition) is 5. The summed E-state index contributed by atoms with van der Waals surface area (Å²) in [6, 6.07) is 7.05. The van der Waals surface area contributed by atoms with Crippen LogP contribution in [0.3, 0.4) is 0 Å². The maximum Gasteiger partial charge on any atom is 0.287 e. The number of nitrogens with one attached hydrogen (secondary N) is 1. The first-order valence-corrected chi connectivity index (χ1v) is 6.53. The summed E-state index contributed by atoms with van der Waals surface area (Å²) >= 11 is 0. The first-order valence-electron chi connectivity index (χ1n) is 6.53. The fraction of sp³-hybridized carbons (Fsp3) is 0.400. The van der Waals surface area contributed by atoms with E-state index in [1.807, 2.05) is 12.1 Å². The lowest BCUT2D eigenvalue weighted by Crippen LogP contribution is -2.43. The lowest BCUT2D eigenvalue weighted by Gasteiger charge is -2.22. The second-order valence-corrected chi connectivity index (χ2v) is 5.10. The van der Waals surface area contributed by atoms with E-state index in [2.05, 4.69) is 5.32 Å². The van der Waals surface area contributed by atoms with E-state index in [1.165, 1.54) is 7.11 Å². The molecule has 0 saturated heterocycles. The molecule has 0 fully saturated rings. The van der Waals surface area contributed by atoms with Gasteiger partial charge in [-0.1, -0.05) is 12.1 Å². The summed E-state index contributed by atoms with van der Waals surface area (Å²) in [4.78, 5) is 12.1. The molecule has 2 N–H and O–H groups in total. The van der Waals surface area contributed by atoms with Crippen molar-refractivity contribution in [1.82, 2.24) is 5.32 Å². The number of fused-ring (bicyclic) bond motifs is 1. The molecule has 1 amide bonds. The summed E-state index contributed by atoms with van der Waals surface area (Å²) in [7, 11) is 3.03. The van der Waals surface area contributed by atoms with Crippen LogP contribution in [0.4, 0.5) is 0 Å². The minimum Gasteiger partial charge on any atom is -0.493 e. The largest absolute Gasteiger partial charge is 0.493 e. The van der Waals surface area contributed by atoms with Crippen LogP contribution >= 0.6 is 0 Å². The van der Waals surface area contributed by atoms with Gasteiger partial charge in [0.25, 0.3) is 5.91 Å². The maximum absolute atomic E-state index is 12.1. The Morgan fingerprint density at radius 1 is 1.43 bits per heavy atom. The molecule has 6 heteroatoms. The summed E-state index contributed by atoms with van der Waals surface area (Å²) in [5, 5.41) is 13.3. The van der Waals surface area contributed by atoms with Gasteiger partial charge in [-0.2, -0.15) is 0 Å². The predicted octanol–water partition coefficient (Wildman–Crippen LogP) is 1.57. The Balaban J connectivity index is 2.13. The Hall–Kier alpha value is -2.05. The van der Waals surface area contributed by atoms with Crippen LogP contribution in [0.25, 0.3) is 11.0 Å². The van der Waals surface area contributed by atoms with Crippen LogP contribution in [-0.4, -0.2) is 44.0 Å². The van der Waals surface area contributed by atoms with Crippen LogP contribution in [-0.2, 0) is 4.74 Å². The van der Waals surface area contributed by atoms with Crippen LogP contribution in [0.2, 0.25) is 0 Å². The molecular formula is C15H19NO5. The number of furan rings is 1. The molecule has 2 rings (SSSR count). The van der Waals surface area contributed by atoms with E-state index in [-0.39, 0.29) is 18.9 Å². The monoisotopic (exact) mass is 293 g/mol. The van der Waals surface area contributed by atoms with E-state index in [0.717, 1.165) is 5.39 Å². The highest BCUT2D eigenvalue weighted by atomic mass is 16.5. The average molecular weight is 293 g/mol. The van der Waals surface area contributed by atoms with Crippen molar-refractivity contribution < 1.29 is 23.8 Å². The summed E-state index contributed by atoms with van der Waals surface area (Å²) < 4.78 is 15.6. The number of ether oxygens (including phenoxy) is 2. The van der Waals surface area contributed by atoms with Crippen LogP contribution < -0.4 is 10.1 Å². The van der Waals surface area contributed by atoms with Crippen molar-refractivity contribution in [3.8, 4) is 5.75 Å². The minimum absolute atomic E-state index is 0.0633. The molecule has 1 heterocycles. The summed E-state index contributed by atoms with van der Waals surface area (Å²) in [6.07, 6.45) is 0. The highest BCUT2D eigenvalue weighted by Gasteiger charge is 2.22. The molecular weight excluding hydrogens is 274 g/mol. The van der Waals surface area contributed by atoms with Crippen molar-refractivity contribution in [2.24, 2.45) is 0 Å². The van der Waals surface area contributed by atoms with Crippen molar-refractivity contribution in [1.29, 1.82) is 0 Å². The molecule has 0 unspecified atom stereocenters. The van der Waals surface area contributed by atoms with E-state index >= 15 is 0 Å². The Morgan fingerprint density at radius 3 is 2.86 bits per heavy atom. The maximum atomic E-state index is 12.1. The van der Waals surface area contributed by atoms with E-state index in [0.29, 0.717) is 11.3 Å². The molecule has 0 bridgehead atoms. The standard InChI is InChI=1S/C15H19NO5/c1-15(18,9-19-2)8-16-14(17)12-7-10-5-4-6-11(20-3)13(10)21-12/h4-7,18H,8-9H2,1-3H3,(H,16,17)/t15-/m0/s1. The zero-order chi connectivity index (χ0) is 15.5. The smallest absolute Gasteiger partial charge is 0.287 e. The van der Waals surface area contributed by atoms with Gasteiger partial charge in [0.05, 0.1) is 13.7 Å². The molecule has 114 valence electrons. The SMILES string of the molecule is COC[C@@](C)(O)CNC(=O)c1cc2cccc(OC)c2o1. The topological polar surface area (TPSA) is 80.9 Å². The fourth-order valence-corrected chi connectivity index (χ4v) is 2.03. The summed E-state index contributed by atoms with van der Waals surface area (Å²) in [5.74, 6) is 0.338. The Labute approximate surface area is 122 Å². The molecule has 0 spiro atoms. The quantitative estimate of drug-likeness (QED) is 0.845. The second-order valence-electron chi connectivity index (χ2n) is 5.10. The number of carbonyl (C=O) groups excluding carboxylic acids is 1. The van der Waals surface area contributed by atoms with Gasteiger partial charge in [0.2, 0.25) is 0 Å². The zero-order valence-electron chi connectivity index (χ0n) is 12.3. The number of hydrogen-bond donors (Lipinski definition) is 2. The molecule has 1 atom stereocenters. The molecule has 1 aromatic carbocycles. The average Bonchev–Trinajstić information content (AvgIpc) is 2.88. The predicted molar refractivity (Wildman–Crippen MR) is 77.6 cm³/mol. The van der Waals surface area contributed by atoms with Gasteiger partial charge in [-0.3, -0.25) is 4.79 Å².